The zero-order valence-corrected chi connectivity index (χ0v) is 15.3. The van der Waals surface area contributed by atoms with Crippen molar-refractivity contribution in [1.82, 2.24) is 15.2 Å². The molecule has 0 saturated heterocycles. The molecule has 0 spiro atoms. The number of carbonyl (C=O) groups excluding carboxylic acids is 1. The normalized spacial score (nSPS) is 10.8. The van der Waals surface area contributed by atoms with E-state index < -0.39 is 0 Å². The molecule has 0 unspecified atom stereocenters. The molecule has 0 bridgehead atoms. The van der Waals surface area contributed by atoms with Gasteiger partial charge in [0.25, 0.3) is 0 Å². The van der Waals surface area contributed by atoms with Crippen LogP contribution < -0.4 is 5.32 Å². The minimum Gasteiger partial charge on any atom is -0.324 e. The third-order valence-corrected chi connectivity index (χ3v) is 5.20. The molecule has 1 aromatic carbocycles. The number of amides is 1. The van der Waals surface area contributed by atoms with Crippen molar-refractivity contribution in [2.75, 3.05) is 11.1 Å². The van der Waals surface area contributed by atoms with Crippen molar-refractivity contribution < 1.29 is 4.79 Å². The Bertz CT molecular complexity index is 832. The summed E-state index contributed by atoms with van der Waals surface area (Å²) in [6, 6.07) is 9.58. The summed E-state index contributed by atoms with van der Waals surface area (Å²) in [5.74, 6) is 0.873. The summed E-state index contributed by atoms with van der Waals surface area (Å²) < 4.78 is 0. The van der Waals surface area contributed by atoms with E-state index >= 15 is 0 Å². The van der Waals surface area contributed by atoms with Crippen LogP contribution in [-0.2, 0) is 11.2 Å². The maximum Gasteiger partial charge on any atom is 0.234 e. The highest BCUT2D eigenvalue weighted by Gasteiger charge is 2.10. The molecule has 0 atom stereocenters. The number of rotatable bonds is 6. The molecule has 3 rings (SSSR count). The highest BCUT2D eigenvalue weighted by molar-refractivity contribution is 7.99. The number of nitrogens with one attached hydrogen (secondary N) is 2. The van der Waals surface area contributed by atoms with Gasteiger partial charge in [0.15, 0.2) is 0 Å². The number of anilines is 1. The van der Waals surface area contributed by atoms with E-state index in [1.807, 2.05) is 30.5 Å². The molecule has 124 valence electrons. The first-order valence-corrected chi connectivity index (χ1v) is 9.47. The lowest BCUT2D eigenvalue weighted by Gasteiger charge is -2.06. The Labute approximate surface area is 152 Å². The molecule has 0 aliphatic carbocycles. The predicted octanol–water partition coefficient (Wildman–Crippen LogP) is 4.15. The van der Waals surface area contributed by atoms with Gasteiger partial charge in [0.1, 0.15) is 5.82 Å². The summed E-state index contributed by atoms with van der Waals surface area (Å²) in [5, 5.41) is 13.0. The molecule has 0 aliphatic heterocycles. The molecule has 2 aromatic heterocycles. The molecule has 0 aliphatic rings. The number of aromatic amines is 1. The summed E-state index contributed by atoms with van der Waals surface area (Å²) in [5.41, 5.74) is 1.66. The number of thioether (sulfide) groups is 1. The number of aryl methyl sites for hydroxylation is 1. The molecule has 1 amide bonds. The fraction of sp³-hybridized carbons (Fsp3) is 0.188. The van der Waals surface area contributed by atoms with Crippen LogP contribution in [0.15, 0.2) is 40.9 Å². The van der Waals surface area contributed by atoms with Crippen molar-refractivity contribution in [3.8, 4) is 0 Å². The first-order valence-electron chi connectivity index (χ1n) is 7.22. The Kier molecular flexibility index (Phi) is 5.55. The maximum atomic E-state index is 12.0. The average molecular weight is 379 g/mol. The number of hydrogen-bond acceptors (Lipinski definition) is 5. The minimum absolute atomic E-state index is 0.143. The Morgan fingerprint density at radius 1 is 1.42 bits per heavy atom. The van der Waals surface area contributed by atoms with E-state index in [-0.39, 0.29) is 11.7 Å². The largest absolute Gasteiger partial charge is 0.324 e. The van der Waals surface area contributed by atoms with Crippen LogP contribution in [0.3, 0.4) is 0 Å². The molecule has 2 N–H and O–H groups in total. The van der Waals surface area contributed by atoms with Crippen LogP contribution in [0.2, 0.25) is 5.02 Å². The van der Waals surface area contributed by atoms with Gasteiger partial charge in [0, 0.05) is 11.3 Å². The molecule has 0 fully saturated rings. The van der Waals surface area contributed by atoms with Gasteiger partial charge >= 0.3 is 0 Å². The zero-order chi connectivity index (χ0) is 16.9. The van der Waals surface area contributed by atoms with Crippen LogP contribution in [0.1, 0.15) is 16.3 Å². The van der Waals surface area contributed by atoms with Crippen LogP contribution in [0, 0.1) is 6.92 Å². The summed E-state index contributed by atoms with van der Waals surface area (Å²) >= 11 is 9.07. The van der Waals surface area contributed by atoms with Crippen LogP contribution in [-0.4, -0.2) is 26.8 Å². The van der Waals surface area contributed by atoms with Gasteiger partial charge in [-0.3, -0.25) is 9.89 Å². The molecule has 3 aromatic rings. The SMILES string of the molecule is Cc1ccc(NC(=O)CSc2n[nH]c(Cc3cccs3)n2)c(Cl)c1. The second kappa shape index (κ2) is 7.83. The second-order valence-electron chi connectivity index (χ2n) is 5.14. The van der Waals surface area contributed by atoms with Crippen molar-refractivity contribution in [3.05, 3.63) is 57.0 Å². The standard InChI is InChI=1S/C16H15ClN4OS2/c1-10-4-5-13(12(17)7-10)18-15(22)9-24-16-19-14(20-21-16)8-11-3-2-6-23-11/h2-7H,8-9H2,1H3,(H,18,22)(H,19,20,21). The van der Waals surface area contributed by atoms with Crippen LogP contribution in [0.4, 0.5) is 5.69 Å². The lowest BCUT2D eigenvalue weighted by atomic mass is 10.2. The Hall–Kier alpha value is -1.83. The van der Waals surface area contributed by atoms with E-state index in [4.69, 9.17) is 11.6 Å². The lowest BCUT2D eigenvalue weighted by Crippen LogP contribution is -2.14. The molecule has 8 heteroatoms. The number of thiophene rings is 1. The highest BCUT2D eigenvalue weighted by Crippen LogP contribution is 2.23. The van der Waals surface area contributed by atoms with Crippen molar-refractivity contribution in [1.29, 1.82) is 0 Å². The Balaban J connectivity index is 1.52. The third-order valence-electron chi connectivity index (χ3n) is 3.16. The smallest absolute Gasteiger partial charge is 0.234 e. The minimum atomic E-state index is -0.143. The first kappa shape index (κ1) is 17.0. The fourth-order valence-corrected chi connectivity index (χ4v) is 3.65. The second-order valence-corrected chi connectivity index (χ2v) is 7.52. The predicted molar refractivity (Wildman–Crippen MR) is 99.1 cm³/mol. The van der Waals surface area contributed by atoms with Gasteiger partial charge < -0.3 is 5.32 Å². The lowest BCUT2D eigenvalue weighted by molar-refractivity contribution is -0.113. The average Bonchev–Trinajstić information content (AvgIpc) is 3.20. The number of carbonyl (C=O) groups is 1. The summed E-state index contributed by atoms with van der Waals surface area (Å²) in [4.78, 5) is 17.6. The number of nitrogens with zero attached hydrogens (tertiary/aromatic N) is 2. The van der Waals surface area contributed by atoms with E-state index in [9.17, 15) is 4.79 Å². The topological polar surface area (TPSA) is 70.7 Å². The van der Waals surface area contributed by atoms with Crippen molar-refractivity contribution in [2.45, 2.75) is 18.5 Å². The molecule has 0 radical (unpaired) electrons. The number of aromatic nitrogens is 3. The van der Waals surface area contributed by atoms with Gasteiger partial charge in [-0.15, -0.1) is 16.4 Å². The summed E-state index contributed by atoms with van der Waals surface area (Å²) in [7, 11) is 0. The molecule has 2 heterocycles. The summed E-state index contributed by atoms with van der Waals surface area (Å²) in [6.45, 7) is 1.95. The van der Waals surface area contributed by atoms with Crippen molar-refractivity contribution in [3.63, 3.8) is 0 Å². The number of hydrogen-bond donors (Lipinski definition) is 2. The van der Waals surface area contributed by atoms with Gasteiger partial charge in [-0.05, 0) is 36.1 Å². The molecule has 0 saturated carbocycles. The Morgan fingerprint density at radius 2 is 2.29 bits per heavy atom. The fourth-order valence-electron chi connectivity index (χ4n) is 2.04. The quantitative estimate of drug-likeness (QED) is 0.632. The van der Waals surface area contributed by atoms with E-state index in [0.29, 0.717) is 15.9 Å². The van der Waals surface area contributed by atoms with Gasteiger partial charge in [-0.25, -0.2) is 4.98 Å². The van der Waals surface area contributed by atoms with E-state index in [2.05, 4.69) is 26.6 Å². The van der Waals surface area contributed by atoms with E-state index in [1.165, 1.54) is 16.6 Å². The number of halogens is 1. The highest BCUT2D eigenvalue weighted by atomic mass is 35.5. The number of H-pyrrole nitrogens is 1. The van der Waals surface area contributed by atoms with Gasteiger partial charge in [0.2, 0.25) is 11.1 Å². The van der Waals surface area contributed by atoms with Crippen LogP contribution in [0.5, 0.6) is 0 Å². The monoisotopic (exact) mass is 378 g/mol. The molecular formula is C16H15ClN4OS2. The first-order chi connectivity index (χ1) is 11.6. The maximum absolute atomic E-state index is 12.0. The zero-order valence-electron chi connectivity index (χ0n) is 12.9. The van der Waals surface area contributed by atoms with Gasteiger partial charge in [-0.1, -0.05) is 35.5 Å². The Morgan fingerprint density at radius 3 is 3.04 bits per heavy atom. The molecular weight excluding hydrogens is 364 g/mol. The van der Waals surface area contributed by atoms with Crippen molar-refractivity contribution >= 4 is 46.3 Å². The molecule has 5 nitrogen and oxygen atoms in total. The number of benzene rings is 1. The van der Waals surface area contributed by atoms with Crippen LogP contribution >= 0.6 is 34.7 Å². The third kappa shape index (κ3) is 4.59. The van der Waals surface area contributed by atoms with Gasteiger partial charge in [0.05, 0.1) is 16.5 Å². The van der Waals surface area contributed by atoms with Crippen molar-refractivity contribution in [2.24, 2.45) is 0 Å². The summed E-state index contributed by atoms with van der Waals surface area (Å²) in [6.07, 6.45) is 0.719. The van der Waals surface area contributed by atoms with Gasteiger partial charge in [-0.2, -0.15) is 0 Å². The molecule has 24 heavy (non-hydrogen) atoms. The van der Waals surface area contributed by atoms with E-state index in [0.717, 1.165) is 17.8 Å². The van der Waals surface area contributed by atoms with Crippen LogP contribution in [0.25, 0.3) is 0 Å². The van der Waals surface area contributed by atoms with E-state index in [1.54, 1.807) is 17.4 Å².